The number of aromatic nitrogens is 3. The number of fused-ring (bicyclic) bond motifs is 1. The van der Waals surface area contributed by atoms with Crippen molar-refractivity contribution >= 4 is 26.8 Å². The highest BCUT2D eigenvalue weighted by atomic mass is 32.2. The predicted octanol–water partition coefficient (Wildman–Crippen LogP) is 3.41. The van der Waals surface area contributed by atoms with E-state index >= 15 is 0 Å². The van der Waals surface area contributed by atoms with Crippen LogP contribution in [-0.2, 0) is 16.4 Å². The summed E-state index contributed by atoms with van der Waals surface area (Å²) in [5, 5.41) is 4.03. The van der Waals surface area contributed by atoms with E-state index in [1.54, 1.807) is 41.1 Å². The van der Waals surface area contributed by atoms with Crippen LogP contribution in [0.25, 0.3) is 11.0 Å². The highest BCUT2D eigenvalue weighted by molar-refractivity contribution is 7.90. The van der Waals surface area contributed by atoms with Crippen molar-refractivity contribution < 1.29 is 8.42 Å². The summed E-state index contributed by atoms with van der Waals surface area (Å²) >= 11 is 0. The topological polar surface area (TPSA) is 93.9 Å². The number of pyridine rings is 1. The molecule has 0 aliphatic carbocycles. The van der Waals surface area contributed by atoms with Gasteiger partial charge in [0.15, 0.2) is 9.84 Å². The van der Waals surface area contributed by atoms with Crippen LogP contribution in [0.3, 0.4) is 0 Å². The van der Waals surface area contributed by atoms with Gasteiger partial charge in [0.25, 0.3) is 5.56 Å². The first-order valence-electron chi connectivity index (χ1n) is 9.37. The lowest BCUT2D eigenvalue weighted by molar-refractivity contribution is 0.343. The largest absolute Gasteiger partial charge is 0.348 e. The Morgan fingerprint density at radius 1 is 1.10 bits per heavy atom. The molecule has 0 fully saturated rings. The van der Waals surface area contributed by atoms with Gasteiger partial charge in [0.2, 0.25) is 5.95 Å². The summed E-state index contributed by atoms with van der Waals surface area (Å²) in [6, 6.07) is 9.84. The van der Waals surface area contributed by atoms with Gasteiger partial charge in [-0.3, -0.25) is 9.36 Å². The lowest BCUT2D eigenvalue weighted by Gasteiger charge is -2.21. The van der Waals surface area contributed by atoms with Gasteiger partial charge in [-0.05, 0) is 36.1 Å². The average Bonchev–Trinajstić information content (AvgIpc) is 2.63. The molecular formula is C21H26N4O3S. The van der Waals surface area contributed by atoms with Crippen molar-refractivity contribution in [3.05, 3.63) is 58.5 Å². The van der Waals surface area contributed by atoms with Crippen LogP contribution < -0.4 is 10.9 Å². The Bertz CT molecular complexity index is 1190. The van der Waals surface area contributed by atoms with Crippen molar-refractivity contribution in [2.24, 2.45) is 5.41 Å². The van der Waals surface area contributed by atoms with Gasteiger partial charge in [-0.1, -0.05) is 32.9 Å². The first-order chi connectivity index (χ1) is 13.4. The molecule has 0 saturated heterocycles. The molecular weight excluding hydrogens is 388 g/mol. The number of hydrogen-bond donors (Lipinski definition) is 1. The van der Waals surface area contributed by atoms with Crippen molar-refractivity contribution in [3.8, 4) is 0 Å². The molecule has 0 aliphatic rings. The normalized spacial score (nSPS) is 13.4. The molecule has 3 aromatic rings. The van der Waals surface area contributed by atoms with E-state index in [1.165, 1.54) is 12.3 Å². The number of nitrogens with zero attached hydrogens (tertiary/aromatic N) is 3. The Hall–Kier alpha value is -2.74. The molecule has 1 atom stereocenters. The van der Waals surface area contributed by atoms with Crippen molar-refractivity contribution in [2.75, 3.05) is 11.6 Å². The molecule has 0 spiro atoms. The molecule has 0 bridgehead atoms. The molecule has 2 heterocycles. The fraction of sp³-hybridized carbons (Fsp3) is 0.381. The first-order valence-corrected chi connectivity index (χ1v) is 11.3. The molecule has 154 valence electrons. The average molecular weight is 415 g/mol. The van der Waals surface area contributed by atoms with Crippen molar-refractivity contribution in [1.29, 1.82) is 0 Å². The maximum absolute atomic E-state index is 12.4. The third-order valence-electron chi connectivity index (χ3n) is 4.51. The number of nitrogens with one attached hydrogen (secondary N) is 1. The second kappa shape index (κ2) is 7.59. The minimum atomic E-state index is -3.23. The number of hydrogen-bond acceptors (Lipinski definition) is 6. The maximum Gasteiger partial charge on any atom is 0.252 e. The van der Waals surface area contributed by atoms with Crippen LogP contribution in [0.1, 0.15) is 39.3 Å². The monoisotopic (exact) mass is 414 g/mol. The fourth-order valence-corrected chi connectivity index (χ4v) is 3.68. The molecule has 7 nitrogen and oxygen atoms in total. The zero-order chi connectivity index (χ0) is 21.4. The molecule has 29 heavy (non-hydrogen) atoms. The summed E-state index contributed by atoms with van der Waals surface area (Å²) in [6.45, 7) is 8.70. The molecule has 0 amide bonds. The lowest BCUT2D eigenvalue weighted by Crippen LogP contribution is -2.27. The Labute approximate surface area is 170 Å². The van der Waals surface area contributed by atoms with Gasteiger partial charge in [0.05, 0.1) is 10.9 Å². The standard InChI is InChI=1S/C21H26N4O3S/c1-14(15-6-9-17(10-7-15)29(5,27)28)23-20-22-12-16-8-11-18(26)25(19(16)24-20)13-21(2,3)4/h6-12,14H,13H2,1-5H3,(H,22,23,24). The number of anilines is 1. The lowest BCUT2D eigenvalue weighted by atomic mass is 9.97. The summed E-state index contributed by atoms with van der Waals surface area (Å²) in [7, 11) is -3.23. The van der Waals surface area contributed by atoms with Crippen LogP contribution in [-0.4, -0.2) is 29.2 Å². The van der Waals surface area contributed by atoms with E-state index in [1.807, 2.05) is 6.92 Å². The maximum atomic E-state index is 12.4. The van der Waals surface area contributed by atoms with E-state index < -0.39 is 9.84 Å². The molecule has 1 N–H and O–H groups in total. The van der Waals surface area contributed by atoms with Gasteiger partial charge < -0.3 is 5.32 Å². The van der Waals surface area contributed by atoms with Crippen molar-refractivity contribution in [1.82, 2.24) is 14.5 Å². The predicted molar refractivity (Wildman–Crippen MR) is 115 cm³/mol. The molecule has 2 aromatic heterocycles. The van der Waals surface area contributed by atoms with Gasteiger partial charge >= 0.3 is 0 Å². The minimum absolute atomic E-state index is 0.0781. The minimum Gasteiger partial charge on any atom is -0.348 e. The zero-order valence-electron chi connectivity index (χ0n) is 17.3. The molecule has 3 rings (SSSR count). The summed E-state index contributed by atoms with van der Waals surface area (Å²) < 4.78 is 24.9. The van der Waals surface area contributed by atoms with Gasteiger partial charge in [-0.2, -0.15) is 4.98 Å². The highest BCUT2D eigenvalue weighted by Crippen LogP contribution is 2.22. The highest BCUT2D eigenvalue weighted by Gasteiger charge is 2.16. The molecule has 8 heteroatoms. The van der Waals surface area contributed by atoms with E-state index in [0.717, 1.165) is 10.9 Å². The fourth-order valence-electron chi connectivity index (χ4n) is 3.05. The van der Waals surface area contributed by atoms with E-state index in [0.29, 0.717) is 18.1 Å². The van der Waals surface area contributed by atoms with Crippen LogP contribution in [0.5, 0.6) is 0 Å². The third-order valence-corrected chi connectivity index (χ3v) is 5.64. The summed E-state index contributed by atoms with van der Waals surface area (Å²) in [5.74, 6) is 0.408. The summed E-state index contributed by atoms with van der Waals surface area (Å²) in [4.78, 5) is 21.6. The van der Waals surface area contributed by atoms with Gasteiger partial charge in [-0.25, -0.2) is 13.4 Å². The van der Waals surface area contributed by atoms with Gasteiger partial charge in [-0.15, -0.1) is 0 Å². The Balaban J connectivity index is 1.92. The summed E-state index contributed by atoms with van der Waals surface area (Å²) in [6.07, 6.45) is 2.88. The Morgan fingerprint density at radius 2 is 1.76 bits per heavy atom. The quantitative estimate of drug-likeness (QED) is 0.688. The Morgan fingerprint density at radius 3 is 2.34 bits per heavy atom. The molecule has 0 radical (unpaired) electrons. The SMILES string of the molecule is CC(Nc1ncc2ccc(=O)n(CC(C)(C)C)c2n1)c1ccc(S(C)(=O)=O)cc1. The Kier molecular flexibility index (Phi) is 5.49. The molecule has 0 saturated carbocycles. The van der Waals surface area contributed by atoms with E-state index in [4.69, 9.17) is 0 Å². The second-order valence-electron chi connectivity index (χ2n) is 8.50. The molecule has 0 aliphatic heterocycles. The molecule has 1 unspecified atom stereocenters. The van der Waals surface area contributed by atoms with Crippen LogP contribution in [0.15, 0.2) is 52.3 Å². The van der Waals surface area contributed by atoms with Gasteiger partial charge in [0.1, 0.15) is 5.65 Å². The van der Waals surface area contributed by atoms with Crippen molar-refractivity contribution in [3.63, 3.8) is 0 Å². The zero-order valence-corrected chi connectivity index (χ0v) is 18.1. The number of rotatable bonds is 5. The summed E-state index contributed by atoms with van der Waals surface area (Å²) in [5.41, 5.74) is 1.32. The van der Waals surface area contributed by atoms with E-state index in [9.17, 15) is 13.2 Å². The second-order valence-corrected chi connectivity index (χ2v) is 10.5. The molecule has 1 aromatic carbocycles. The van der Waals surface area contributed by atoms with Crippen LogP contribution >= 0.6 is 0 Å². The van der Waals surface area contributed by atoms with Gasteiger partial charge in [0, 0.05) is 30.4 Å². The van der Waals surface area contributed by atoms with E-state index in [2.05, 4.69) is 36.1 Å². The first kappa shape index (κ1) is 21.0. The van der Waals surface area contributed by atoms with Crippen molar-refractivity contribution in [2.45, 2.75) is 45.2 Å². The van der Waals surface area contributed by atoms with Crippen LogP contribution in [0, 0.1) is 5.41 Å². The number of benzene rings is 1. The third kappa shape index (κ3) is 5.00. The van der Waals surface area contributed by atoms with Crippen LogP contribution in [0.4, 0.5) is 5.95 Å². The van der Waals surface area contributed by atoms with Crippen LogP contribution in [0.2, 0.25) is 0 Å². The smallest absolute Gasteiger partial charge is 0.252 e. The number of sulfone groups is 1. The van der Waals surface area contributed by atoms with E-state index in [-0.39, 0.29) is 21.9 Å².